The summed E-state index contributed by atoms with van der Waals surface area (Å²) in [6, 6.07) is 0.178. The van der Waals surface area contributed by atoms with Crippen molar-refractivity contribution in [1.29, 1.82) is 0 Å². The first kappa shape index (κ1) is 16.3. The van der Waals surface area contributed by atoms with Crippen molar-refractivity contribution in [1.82, 2.24) is 10.2 Å². The highest BCUT2D eigenvalue weighted by Gasteiger charge is 2.13. The van der Waals surface area contributed by atoms with Crippen LogP contribution in [0.4, 0.5) is 0 Å². The number of nitrogens with one attached hydrogen (secondary N) is 1. The van der Waals surface area contributed by atoms with Crippen molar-refractivity contribution in [2.45, 2.75) is 25.8 Å². The Balaban J connectivity index is 3.75. The average molecular weight is 261 g/mol. The summed E-state index contributed by atoms with van der Waals surface area (Å²) in [5.41, 5.74) is 5.47. The minimum Gasteiger partial charge on any atom is -0.393 e. The van der Waals surface area contributed by atoms with Gasteiger partial charge in [0.15, 0.2) is 0 Å². The SMILES string of the molecule is COCCCNC(=O)CN(C)C(C)CC(N)=S. The van der Waals surface area contributed by atoms with Gasteiger partial charge in [-0.05, 0) is 20.4 Å². The number of thiocarbonyl (C=S) groups is 1. The molecular weight excluding hydrogens is 238 g/mol. The number of hydrogen-bond donors (Lipinski definition) is 2. The Morgan fingerprint density at radius 1 is 1.59 bits per heavy atom. The number of methoxy groups -OCH3 is 1. The average Bonchev–Trinajstić information content (AvgIpc) is 2.23. The maximum Gasteiger partial charge on any atom is 0.234 e. The van der Waals surface area contributed by atoms with Gasteiger partial charge in [0, 0.05) is 32.7 Å². The molecule has 1 unspecified atom stereocenters. The van der Waals surface area contributed by atoms with Crippen LogP contribution in [-0.4, -0.2) is 55.7 Å². The molecule has 0 aliphatic heterocycles. The molecule has 1 atom stereocenters. The number of hydrogen-bond acceptors (Lipinski definition) is 4. The van der Waals surface area contributed by atoms with Crippen molar-refractivity contribution in [3.63, 3.8) is 0 Å². The van der Waals surface area contributed by atoms with Crippen LogP contribution in [0.5, 0.6) is 0 Å². The van der Waals surface area contributed by atoms with E-state index in [0.717, 1.165) is 6.42 Å². The molecule has 100 valence electrons. The van der Waals surface area contributed by atoms with E-state index in [9.17, 15) is 4.79 Å². The van der Waals surface area contributed by atoms with Crippen LogP contribution in [0.15, 0.2) is 0 Å². The molecule has 0 bridgehead atoms. The highest BCUT2D eigenvalue weighted by Crippen LogP contribution is 2.00. The van der Waals surface area contributed by atoms with E-state index in [0.29, 0.717) is 31.1 Å². The summed E-state index contributed by atoms with van der Waals surface area (Å²) in [5, 5.41) is 2.83. The van der Waals surface area contributed by atoms with Gasteiger partial charge in [-0.25, -0.2) is 0 Å². The molecule has 0 rings (SSSR count). The fourth-order valence-electron chi connectivity index (χ4n) is 1.33. The fraction of sp³-hybridized carbons (Fsp3) is 0.818. The van der Waals surface area contributed by atoms with Gasteiger partial charge in [-0.2, -0.15) is 0 Å². The fourth-order valence-corrected chi connectivity index (χ4v) is 1.57. The van der Waals surface area contributed by atoms with Crippen LogP contribution in [-0.2, 0) is 9.53 Å². The molecule has 0 saturated heterocycles. The highest BCUT2D eigenvalue weighted by molar-refractivity contribution is 7.80. The van der Waals surface area contributed by atoms with Crippen LogP contribution in [0.3, 0.4) is 0 Å². The van der Waals surface area contributed by atoms with Crippen molar-refractivity contribution in [2.75, 3.05) is 33.9 Å². The first-order chi connectivity index (χ1) is 7.97. The molecule has 0 saturated carbocycles. The molecule has 0 fully saturated rings. The van der Waals surface area contributed by atoms with Crippen LogP contribution < -0.4 is 11.1 Å². The van der Waals surface area contributed by atoms with Crippen molar-refractivity contribution in [2.24, 2.45) is 5.73 Å². The van der Waals surface area contributed by atoms with Gasteiger partial charge in [0.2, 0.25) is 5.91 Å². The Kier molecular flexibility index (Phi) is 8.93. The minimum atomic E-state index is 0.0124. The van der Waals surface area contributed by atoms with Gasteiger partial charge in [-0.15, -0.1) is 0 Å². The van der Waals surface area contributed by atoms with Gasteiger partial charge < -0.3 is 15.8 Å². The molecule has 0 heterocycles. The Bertz CT molecular complexity index is 249. The molecule has 0 spiro atoms. The van der Waals surface area contributed by atoms with E-state index in [1.165, 1.54) is 0 Å². The molecule has 0 aromatic carbocycles. The number of rotatable bonds is 9. The molecule has 0 aliphatic carbocycles. The number of ether oxygens (including phenoxy) is 1. The number of nitrogens with two attached hydrogens (primary N) is 1. The Morgan fingerprint density at radius 2 is 2.24 bits per heavy atom. The summed E-state index contributed by atoms with van der Waals surface area (Å²) < 4.78 is 4.90. The lowest BCUT2D eigenvalue weighted by molar-refractivity contribution is -0.122. The van der Waals surface area contributed by atoms with E-state index in [-0.39, 0.29) is 11.9 Å². The molecule has 1 amide bonds. The number of nitrogens with zero attached hydrogens (tertiary/aromatic N) is 1. The molecule has 0 radical (unpaired) electrons. The van der Waals surface area contributed by atoms with Gasteiger partial charge >= 0.3 is 0 Å². The van der Waals surface area contributed by atoms with Crippen LogP contribution in [0.25, 0.3) is 0 Å². The number of carbonyl (C=O) groups is 1. The second-order valence-electron chi connectivity index (χ2n) is 4.13. The standard InChI is InChI=1S/C11H23N3O2S/c1-9(7-10(12)17)14(2)8-11(15)13-5-4-6-16-3/h9H,4-8H2,1-3H3,(H2,12,17)(H,13,15). The summed E-state index contributed by atoms with van der Waals surface area (Å²) in [4.78, 5) is 14.0. The van der Waals surface area contributed by atoms with E-state index in [2.05, 4.69) is 5.32 Å². The van der Waals surface area contributed by atoms with E-state index in [4.69, 9.17) is 22.7 Å². The largest absolute Gasteiger partial charge is 0.393 e. The maximum atomic E-state index is 11.5. The summed E-state index contributed by atoms with van der Waals surface area (Å²) >= 11 is 4.84. The number of likely N-dealkylation sites (N-methyl/N-ethyl adjacent to an activating group) is 1. The van der Waals surface area contributed by atoms with Gasteiger partial charge in [0.05, 0.1) is 11.5 Å². The molecule has 0 aliphatic rings. The van der Waals surface area contributed by atoms with E-state index < -0.39 is 0 Å². The van der Waals surface area contributed by atoms with Gasteiger partial charge in [-0.3, -0.25) is 9.69 Å². The van der Waals surface area contributed by atoms with Gasteiger partial charge in [-0.1, -0.05) is 12.2 Å². The zero-order chi connectivity index (χ0) is 13.3. The summed E-state index contributed by atoms with van der Waals surface area (Å²) in [6.07, 6.45) is 1.46. The zero-order valence-electron chi connectivity index (χ0n) is 10.9. The Hall–Kier alpha value is -0.720. The lowest BCUT2D eigenvalue weighted by atomic mass is 10.2. The summed E-state index contributed by atoms with van der Waals surface area (Å²) in [5.74, 6) is 0.0124. The van der Waals surface area contributed by atoms with Crippen molar-refractivity contribution >= 4 is 23.1 Å². The molecule has 6 heteroatoms. The lowest BCUT2D eigenvalue weighted by Gasteiger charge is -2.23. The quantitative estimate of drug-likeness (QED) is 0.456. The summed E-state index contributed by atoms with van der Waals surface area (Å²) in [6.45, 7) is 3.66. The molecule has 17 heavy (non-hydrogen) atoms. The van der Waals surface area contributed by atoms with E-state index >= 15 is 0 Å². The van der Waals surface area contributed by atoms with Gasteiger partial charge in [0.25, 0.3) is 0 Å². The third-order valence-electron chi connectivity index (χ3n) is 2.49. The molecule has 0 aromatic rings. The third kappa shape index (κ3) is 9.02. The minimum absolute atomic E-state index is 0.0124. The molecule has 0 aromatic heterocycles. The first-order valence-electron chi connectivity index (χ1n) is 5.71. The van der Waals surface area contributed by atoms with Crippen LogP contribution in [0.2, 0.25) is 0 Å². The van der Waals surface area contributed by atoms with Crippen LogP contribution in [0, 0.1) is 0 Å². The number of amides is 1. The van der Waals surface area contributed by atoms with Crippen molar-refractivity contribution in [3.8, 4) is 0 Å². The van der Waals surface area contributed by atoms with Crippen LogP contribution >= 0.6 is 12.2 Å². The zero-order valence-corrected chi connectivity index (χ0v) is 11.7. The number of carbonyl (C=O) groups excluding carboxylic acids is 1. The lowest BCUT2D eigenvalue weighted by Crippen LogP contribution is -2.41. The molecular formula is C11H23N3O2S. The highest BCUT2D eigenvalue weighted by atomic mass is 32.1. The van der Waals surface area contributed by atoms with E-state index in [1.54, 1.807) is 7.11 Å². The second kappa shape index (κ2) is 9.32. The second-order valence-corrected chi connectivity index (χ2v) is 4.66. The molecule has 3 N–H and O–H groups in total. The first-order valence-corrected chi connectivity index (χ1v) is 6.12. The smallest absolute Gasteiger partial charge is 0.234 e. The van der Waals surface area contributed by atoms with Crippen molar-refractivity contribution < 1.29 is 9.53 Å². The van der Waals surface area contributed by atoms with Crippen molar-refractivity contribution in [3.05, 3.63) is 0 Å². The Labute approximate surface area is 109 Å². The topological polar surface area (TPSA) is 67.6 Å². The predicted molar refractivity (Wildman–Crippen MR) is 73.0 cm³/mol. The summed E-state index contributed by atoms with van der Waals surface area (Å²) in [7, 11) is 3.53. The maximum absolute atomic E-state index is 11.5. The Morgan fingerprint density at radius 3 is 2.76 bits per heavy atom. The van der Waals surface area contributed by atoms with Crippen LogP contribution in [0.1, 0.15) is 19.8 Å². The third-order valence-corrected chi connectivity index (χ3v) is 2.66. The monoisotopic (exact) mass is 261 g/mol. The normalized spacial score (nSPS) is 12.5. The van der Waals surface area contributed by atoms with Gasteiger partial charge in [0.1, 0.15) is 0 Å². The predicted octanol–water partition coefficient (Wildman–Crippen LogP) is 0.136. The van der Waals surface area contributed by atoms with E-state index in [1.807, 2.05) is 18.9 Å². The molecule has 5 nitrogen and oxygen atoms in total.